The summed E-state index contributed by atoms with van der Waals surface area (Å²) < 4.78 is 13.4. The third kappa shape index (κ3) is 3.47. The van der Waals surface area contributed by atoms with Gasteiger partial charge in [0.1, 0.15) is 5.82 Å². The normalized spacial score (nSPS) is 12.5. The van der Waals surface area contributed by atoms with Gasteiger partial charge in [-0.2, -0.15) is 0 Å². The Morgan fingerprint density at radius 3 is 2.37 bits per heavy atom. The molecule has 0 saturated heterocycles. The molecule has 2 aromatic rings. The van der Waals surface area contributed by atoms with Gasteiger partial charge in [0.15, 0.2) is 0 Å². The first-order chi connectivity index (χ1) is 8.97. The fourth-order valence-electron chi connectivity index (χ4n) is 2.04. The molecule has 0 amide bonds. The molecule has 19 heavy (non-hydrogen) atoms. The minimum atomic E-state index is -0.341. The summed E-state index contributed by atoms with van der Waals surface area (Å²) >= 11 is 12.2. The second-order valence-electron chi connectivity index (χ2n) is 4.57. The van der Waals surface area contributed by atoms with Gasteiger partial charge in [0.25, 0.3) is 0 Å². The minimum Gasteiger partial charge on any atom is -0.324 e. The van der Waals surface area contributed by atoms with E-state index >= 15 is 0 Å². The Kier molecular flexibility index (Phi) is 4.46. The molecule has 2 rings (SSSR count). The van der Waals surface area contributed by atoms with Crippen LogP contribution >= 0.6 is 23.2 Å². The summed E-state index contributed by atoms with van der Waals surface area (Å²) in [5, 5.41) is 1.16. The van der Waals surface area contributed by atoms with Gasteiger partial charge in [0, 0.05) is 16.1 Å². The maximum atomic E-state index is 13.4. The molecule has 0 spiro atoms. The van der Waals surface area contributed by atoms with E-state index in [9.17, 15) is 4.39 Å². The molecule has 0 saturated carbocycles. The molecule has 1 atom stereocenters. The van der Waals surface area contributed by atoms with Crippen LogP contribution in [0.15, 0.2) is 36.4 Å². The first-order valence-corrected chi connectivity index (χ1v) is 6.68. The summed E-state index contributed by atoms with van der Waals surface area (Å²) in [6.07, 6.45) is 0.474. The van der Waals surface area contributed by atoms with E-state index in [1.54, 1.807) is 18.2 Å². The number of benzene rings is 2. The first-order valence-electron chi connectivity index (χ1n) is 5.93. The Balaban J connectivity index is 2.28. The van der Waals surface area contributed by atoms with Crippen molar-refractivity contribution in [1.29, 1.82) is 0 Å². The maximum absolute atomic E-state index is 13.4. The Labute approximate surface area is 122 Å². The third-order valence-corrected chi connectivity index (χ3v) is 3.69. The molecular formula is C15H14Cl2FN. The molecule has 1 nitrogen and oxygen atoms in total. The number of halogens is 3. The van der Waals surface area contributed by atoms with Crippen LogP contribution < -0.4 is 5.73 Å². The molecule has 4 heteroatoms. The van der Waals surface area contributed by atoms with Gasteiger partial charge in [-0.15, -0.1) is 0 Å². The highest BCUT2D eigenvalue weighted by Crippen LogP contribution is 2.28. The van der Waals surface area contributed by atoms with Crippen molar-refractivity contribution in [2.45, 2.75) is 19.4 Å². The van der Waals surface area contributed by atoms with Gasteiger partial charge in [0.05, 0.1) is 0 Å². The summed E-state index contributed by atoms with van der Waals surface area (Å²) in [4.78, 5) is 0. The SMILES string of the molecule is Cc1cc(F)cc(C(N)Cc2c(Cl)cccc2Cl)c1. The zero-order valence-corrected chi connectivity index (χ0v) is 12.0. The van der Waals surface area contributed by atoms with Gasteiger partial charge in [-0.05, 0) is 54.3 Å². The van der Waals surface area contributed by atoms with Crippen molar-refractivity contribution in [2.75, 3.05) is 0 Å². The lowest BCUT2D eigenvalue weighted by Crippen LogP contribution is -2.14. The Morgan fingerprint density at radius 1 is 1.16 bits per heavy atom. The summed E-state index contributed by atoms with van der Waals surface area (Å²) in [6.45, 7) is 1.84. The average Bonchev–Trinajstić information content (AvgIpc) is 2.32. The number of hydrogen-bond donors (Lipinski definition) is 1. The molecule has 0 radical (unpaired) electrons. The lowest BCUT2D eigenvalue weighted by Gasteiger charge is -2.15. The van der Waals surface area contributed by atoms with Crippen LogP contribution in [0.4, 0.5) is 4.39 Å². The second-order valence-corrected chi connectivity index (χ2v) is 5.39. The van der Waals surface area contributed by atoms with Gasteiger partial charge in [-0.25, -0.2) is 4.39 Å². The molecule has 1 unspecified atom stereocenters. The predicted octanol–water partition coefficient (Wildman–Crippen LogP) is 4.68. The van der Waals surface area contributed by atoms with E-state index in [2.05, 4.69) is 0 Å². The largest absolute Gasteiger partial charge is 0.324 e. The van der Waals surface area contributed by atoms with Gasteiger partial charge in [0.2, 0.25) is 0 Å². The fourth-order valence-corrected chi connectivity index (χ4v) is 2.60. The molecular weight excluding hydrogens is 284 g/mol. The number of aryl methyl sites for hydroxylation is 1. The molecule has 0 fully saturated rings. The van der Waals surface area contributed by atoms with Crippen molar-refractivity contribution in [3.05, 3.63) is 69.0 Å². The van der Waals surface area contributed by atoms with E-state index < -0.39 is 0 Å². The van der Waals surface area contributed by atoms with E-state index in [-0.39, 0.29) is 11.9 Å². The summed E-state index contributed by atoms with van der Waals surface area (Å²) in [7, 11) is 0. The fraction of sp³-hybridized carbons (Fsp3) is 0.200. The van der Waals surface area contributed by atoms with E-state index in [1.807, 2.05) is 13.0 Å². The van der Waals surface area contributed by atoms with Crippen molar-refractivity contribution >= 4 is 23.2 Å². The van der Waals surface area contributed by atoms with E-state index in [1.165, 1.54) is 12.1 Å². The van der Waals surface area contributed by atoms with Gasteiger partial charge in [-0.1, -0.05) is 35.3 Å². The second kappa shape index (κ2) is 5.91. The molecule has 0 aliphatic rings. The van der Waals surface area contributed by atoms with E-state index in [0.717, 1.165) is 16.7 Å². The Morgan fingerprint density at radius 2 is 1.79 bits per heavy atom. The van der Waals surface area contributed by atoms with Crippen molar-refractivity contribution in [3.8, 4) is 0 Å². The summed E-state index contributed by atoms with van der Waals surface area (Å²) in [5.74, 6) is -0.282. The molecule has 0 aliphatic carbocycles. The quantitative estimate of drug-likeness (QED) is 0.874. The lowest BCUT2D eigenvalue weighted by atomic mass is 9.98. The van der Waals surface area contributed by atoms with E-state index in [4.69, 9.17) is 28.9 Å². The van der Waals surface area contributed by atoms with Crippen LogP contribution in [0.25, 0.3) is 0 Å². The zero-order valence-electron chi connectivity index (χ0n) is 10.5. The molecule has 0 aliphatic heterocycles. The third-order valence-electron chi connectivity index (χ3n) is 2.98. The number of hydrogen-bond acceptors (Lipinski definition) is 1. The monoisotopic (exact) mass is 297 g/mol. The van der Waals surface area contributed by atoms with Crippen LogP contribution in [0.2, 0.25) is 10.0 Å². The molecule has 0 aromatic heterocycles. The van der Waals surface area contributed by atoms with Crippen LogP contribution in [0.5, 0.6) is 0 Å². The molecule has 2 N–H and O–H groups in total. The maximum Gasteiger partial charge on any atom is 0.123 e. The molecule has 0 bridgehead atoms. The smallest absolute Gasteiger partial charge is 0.123 e. The van der Waals surface area contributed by atoms with Crippen LogP contribution in [-0.2, 0) is 6.42 Å². The van der Waals surface area contributed by atoms with Crippen LogP contribution in [0.1, 0.15) is 22.7 Å². The van der Waals surface area contributed by atoms with Crippen molar-refractivity contribution in [2.24, 2.45) is 5.73 Å². The lowest BCUT2D eigenvalue weighted by molar-refractivity contribution is 0.617. The zero-order chi connectivity index (χ0) is 14.0. The van der Waals surface area contributed by atoms with Gasteiger partial charge >= 0.3 is 0 Å². The van der Waals surface area contributed by atoms with Crippen molar-refractivity contribution < 1.29 is 4.39 Å². The van der Waals surface area contributed by atoms with Crippen LogP contribution in [-0.4, -0.2) is 0 Å². The van der Waals surface area contributed by atoms with Crippen molar-refractivity contribution in [1.82, 2.24) is 0 Å². The summed E-state index contributed by atoms with van der Waals surface area (Å²) in [5.41, 5.74) is 8.50. The van der Waals surface area contributed by atoms with Crippen LogP contribution in [0.3, 0.4) is 0 Å². The topological polar surface area (TPSA) is 26.0 Å². The Bertz CT molecular complexity index is 558. The molecule has 0 heterocycles. The van der Waals surface area contributed by atoms with Crippen molar-refractivity contribution in [3.63, 3.8) is 0 Å². The highest BCUT2D eigenvalue weighted by atomic mass is 35.5. The summed E-state index contributed by atoms with van der Waals surface area (Å²) in [6, 6.07) is 9.77. The standard InChI is InChI=1S/C15H14Cl2FN/c1-9-5-10(7-11(18)6-9)15(19)8-12-13(16)3-2-4-14(12)17/h2-7,15H,8,19H2,1H3. The van der Waals surface area contributed by atoms with Crippen LogP contribution in [0, 0.1) is 12.7 Å². The van der Waals surface area contributed by atoms with E-state index in [0.29, 0.717) is 16.5 Å². The van der Waals surface area contributed by atoms with Gasteiger partial charge < -0.3 is 5.73 Å². The Hall–Kier alpha value is -1.09. The molecule has 100 valence electrons. The molecule has 2 aromatic carbocycles. The van der Waals surface area contributed by atoms with Gasteiger partial charge in [-0.3, -0.25) is 0 Å². The predicted molar refractivity (Wildman–Crippen MR) is 78.2 cm³/mol. The minimum absolute atomic E-state index is 0.282. The average molecular weight is 298 g/mol. The number of nitrogens with two attached hydrogens (primary N) is 1. The number of rotatable bonds is 3. The highest BCUT2D eigenvalue weighted by Gasteiger charge is 2.13. The highest BCUT2D eigenvalue weighted by molar-refractivity contribution is 6.36. The first kappa shape index (κ1) is 14.3.